The minimum absolute atomic E-state index is 0.371. The second kappa shape index (κ2) is 4.46. The first-order chi connectivity index (χ1) is 8.88. The van der Waals surface area contributed by atoms with Crippen LogP contribution in [-0.2, 0) is 6.42 Å². The Morgan fingerprint density at radius 1 is 1.33 bits per heavy atom. The maximum Gasteiger partial charge on any atom is 0.122 e. The standard InChI is InChI=1S/C14H11N3O/c15-8-12(13-9-16-4-5-17-13)10-1-2-14-11(7-10)3-6-18-14/h1-2,4-5,7,9,12H,3,6H2. The number of fused-ring (bicyclic) bond motifs is 1. The van der Waals surface area contributed by atoms with Crippen LogP contribution in [0.15, 0.2) is 36.8 Å². The third-order valence-corrected chi connectivity index (χ3v) is 3.05. The Kier molecular flexibility index (Phi) is 2.66. The minimum atomic E-state index is -0.371. The van der Waals surface area contributed by atoms with Crippen molar-refractivity contribution in [3.05, 3.63) is 53.6 Å². The fourth-order valence-corrected chi connectivity index (χ4v) is 2.16. The normalized spacial score (nSPS) is 14.4. The molecule has 1 atom stereocenters. The van der Waals surface area contributed by atoms with Crippen LogP contribution in [0.25, 0.3) is 0 Å². The van der Waals surface area contributed by atoms with Crippen molar-refractivity contribution in [2.75, 3.05) is 6.61 Å². The first-order valence-electron chi connectivity index (χ1n) is 5.79. The van der Waals surface area contributed by atoms with Gasteiger partial charge in [0.25, 0.3) is 0 Å². The van der Waals surface area contributed by atoms with Gasteiger partial charge in [0, 0.05) is 18.8 Å². The third-order valence-electron chi connectivity index (χ3n) is 3.05. The molecular formula is C14H11N3O. The molecule has 2 aromatic rings. The van der Waals surface area contributed by atoms with E-state index in [1.54, 1.807) is 18.6 Å². The van der Waals surface area contributed by atoms with E-state index in [2.05, 4.69) is 16.0 Å². The van der Waals surface area contributed by atoms with Crippen LogP contribution in [0.1, 0.15) is 22.7 Å². The quantitative estimate of drug-likeness (QED) is 0.802. The van der Waals surface area contributed by atoms with Crippen molar-refractivity contribution < 1.29 is 4.74 Å². The zero-order chi connectivity index (χ0) is 12.4. The van der Waals surface area contributed by atoms with E-state index >= 15 is 0 Å². The van der Waals surface area contributed by atoms with Crippen LogP contribution in [0, 0.1) is 11.3 Å². The van der Waals surface area contributed by atoms with Crippen LogP contribution in [0.3, 0.4) is 0 Å². The molecule has 0 radical (unpaired) electrons. The monoisotopic (exact) mass is 237 g/mol. The van der Waals surface area contributed by atoms with Gasteiger partial charge in [0.1, 0.15) is 11.7 Å². The molecule has 4 nitrogen and oxygen atoms in total. The summed E-state index contributed by atoms with van der Waals surface area (Å²) >= 11 is 0. The number of rotatable bonds is 2. The number of ether oxygens (including phenoxy) is 1. The highest BCUT2D eigenvalue weighted by atomic mass is 16.5. The number of aromatic nitrogens is 2. The fourth-order valence-electron chi connectivity index (χ4n) is 2.16. The molecule has 1 aliphatic rings. The van der Waals surface area contributed by atoms with Gasteiger partial charge in [0.05, 0.1) is 24.6 Å². The molecule has 1 aromatic heterocycles. The lowest BCUT2D eigenvalue weighted by Crippen LogP contribution is -2.01. The highest BCUT2D eigenvalue weighted by Gasteiger charge is 2.19. The van der Waals surface area contributed by atoms with Gasteiger partial charge in [-0.3, -0.25) is 9.97 Å². The van der Waals surface area contributed by atoms with Crippen molar-refractivity contribution in [1.29, 1.82) is 5.26 Å². The van der Waals surface area contributed by atoms with Gasteiger partial charge in [0.2, 0.25) is 0 Å². The summed E-state index contributed by atoms with van der Waals surface area (Å²) in [4.78, 5) is 8.22. The summed E-state index contributed by atoms with van der Waals surface area (Å²) in [6, 6.07) is 8.17. The summed E-state index contributed by atoms with van der Waals surface area (Å²) in [5, 5.41) is 9.33. The molecule has 3 rings (SSSR count). The molecule has 0 amide bonds. The zero-order valence-corrected chi connectivity index (χ0v) is 9.71. The molecule has 0 bridgehead atoms. The van der Waals surface area contributed by atoms with Crippen LogP contribution < -0.4 is 4.74 Å². The van der Waals surface area contributed by atoms with Gasteiger partial charge >= 0.3 is 0 Å². The topological polar surface area (TPSA) is 58.8 Å². The van der Waals surface area contributed by atoms with Gasteiger partial charge in [0.15, 0.2) is 0 Å². The molecule has 0 saturated heterocycles. The second-order valence-electron chi connectivity index (χ2n) is 4.16. The summed E-state index contributed by atoms with van der Waals surface area (Å²) in [7, 11) is 0. The Morgan fingerprint density at radius 3 is 3.06 bits per heavy atom. The van der Waals surface area contributed by atoms with E-state index in [0.717, 1.165) is 29.9 Å². The third kappa shape index (κ3) is 1.80. The summed E-state index contributed by atoms with van der Waals surface area (Å²) in [5.41, 5.74) is 2.79. The molecule has 18 heavy (non-hydrogen) atoms. The van der Waals surface area contributed by atoms with Crippen LogP contribution in [0.4, 0.5) is 0 Å². The lowest BCUT2D eigenvalue weighted by molar-refractivity contribution is 0.357. The van der Waals surface area contributed by atoms with Gasteiger partial charge in [-0.2, -0.15) is 5.26 Å². The molecule has 0 fully saturated rings. The van der Waals surface area contributed by atoms with Gasteiger partial charge in [-0.1, -0.05) is 12.1 Å². The highest BCUT2D eigenvalue weighted by Crippen LogP contribution is 2.30. The summed E-state index contributed by atoms with van der Waals surface area (Å²) < 4.78 is 5.46. The molecule has 0 aliphatic carbocycles. The Balaban J connectivity index is 2.01. The SMILES string of the molecule is N#CC(c1ccc2c(c1)CCO2)c1cnccn1. The zero-order valence-electron chi connectivity index (χ0n) is 9.71. The Morgan fingerprint density at radius 2 is 2.28 bits per heavy atom. The number of benzene rings is 1. The summed E-state index contributed by atoms with van der Waals surface area (Å²) in [5.74, 6) is 0.555. The smallest absolute Gasteiger partial charge is 0.122 e. The maximum absolute atomic E-state index is 9.33. The van der Waals surface area contributed by atoms with Gasteiger partial charge in [-0.05, 0) is 17.2 Å². The van der Waals surface area contributed by atoms with E-state index in [1.807, 2.05) is 18.2 Å². The molecule has 0 saturated carbocycles. The van der Waals surface area contributed by atoms with E-state index in [0.29, 0.717) is 5.69 Å². The Labute approximate surface area is 105 Å². The van der Waals surface area contributed by atoms with Crippen molar-refractivity contribution in [2.45, 2.75) is 12.3 Å². The lowest BCUT2D eigenvalue weighted by atomic mass is 9.95. The molecule has 1 unspecified atom stereocenters. The van der Waals surface area contributed by atoms with Gasteiger partial charge < -0.3 is 4.74 Å². The maximum atomic E-state index is 9.33. The van der Waals surface area contributed by atoms with Gasteiger partial charge in [-0.15, -0.1) is 0 Å². The van der Waals surface area contributed by atoms with E-state index in [9.17, 15) is 5.26 Å². The largest absolute Gasteiger partial charge is 0.493 e. The van der Waals surface area contributed by atoms with E-state index < -0.39 is 0 Å². The van der Waals surface area contributed by atoms with Crippen LogP contribution in [0.5, 0.6) is 5.75 Å². The van der Waals surface area contributed by atoms with E-state index in [1.165, 1.54) is 0 Å². The van der Waals surface area contributed by atoms with Crippen LogP contribution in [-0.4, -0.2) is 16.6 Å². The molecule has 88 valence electrons. The number of hydrogen-bond acceptors (Lipinski definition) is 4. The van der Waals surface area contributed by atoms with Crippen molar-refractivity contribution in [3.8, 4) is 11.8 Å². The molecule has 0 spiro atoms. The lowest BCUT2D eigenvalue weighted by Gasteiger charge is -2.09. The molecule has 0 N–H and O–H groups in total. The Hall–Kier alpha value is -2.41. The first kappa shape index (κ1) is 10.7. The number of hydrogen-bond donors (Lipinski definition) is 0. The Bertz CT molecular complexity index is 604. The number of nitriles is 1. The molecule has 4 heteroatoms. The average Bonchev–Trinajstić information content (AvgIpc) is 2.88. The second-order valence-corrected chi connectivity index (χ2v) is 4.16. The van der Waals surface area contributed by atoms with Crippen molar-refractivity contribution in [2.24, 2.45) is 0 Å². The van der Waals surface area contributed by atoms with Gasteiger partial charge in [-0.25, -0.2) is 0 Å². The van der Waals surface area contributed by atoms with Crippen molar-refractivity contribution in [3.63, 3.8) is 0 Å². The predicted molar refractivity (Wildman–Crippen MR) is 65.1 cm³/mol. The molecule has 2 heterocycles. The van der Waals surface area contributed by atoms with Crippen molar-refractivity contribution >= 4 is 0 Å². The summed E-state index contributed by atoms with van der Waals surface area (Å²) in [6.07, 6.45) is 5.75. The first-order valence-corrected chi connectivity index (χ1v) is 5.79. The molecular weight excluding hydrogens is 226 g/mol. The minimum Gasteiger partial charge on any atom is -0.493 e. The molecule has 1 aromatic carbocycles. The van der Waals surface area contributed by atoms with E-state index in [4.69, 9.17) is 4.74 Å². The average molecular weight is 237 g/mol. The van der Waals surface area contributed by atoms with Crippen LogP contribution in [0.2, 0.25) is 0 Å². The molecule has 1 aliphatic heterocycles. The number of nitrogens with zero attached hydrogens (tertiary/aromatic N) is 3. The summed E-state index contributed by atoms with van der Waals surface area (Å²) in [6.45, 7) is 0.723. The fraction of sp³-hybridized carbons (Fsp3) is 0.214. The van der Waals surface area contributed by atoms with Crippen molar-refractivity contribution in [1.82, 2.24) is 9.97 Å². The van der Waals surface area contributed by atoms with E-state index in [-0.39, 0.29) is 5.92 Å². The highest BCUT2D eigenvalue weighted by molar-refractivity contribution is 5.44. The van der Waals surface area contributed by atoms with Crippen LogP contribution >= 0.6 is 0 Å². The predicted octanol–water partition coefficient (Wildman–Crippen LogP) is 2.07.